The van der Waals surface area contributed by atoms with E-state index < -0.39 is 0 Å². The molecule has 2 aromatic heterocycles. The molecule has 0 atom stereocenters. The number of fused-ring (bicyclic) bond motifs is 6. The molecule has 0 spiro atoms. The summed E-state index contributed by atoms with van der Waals surface area (Å²) in [5.74, 6) is 0. The summed E-state index contributed by atoms with van der Waals surface area (Å²) in [6.45, 7) is 0. The zero-order chi connectivity index (χ0) is 34.5. The van der Waals surface area contributed by atoms with E-state index in [4.69, 9.17) is 0 Å². The molecule has 5 nitrogen and oxygen atoms in total. The summed E-state index contributed by atoms with van der Waals surface area (Å²) >= 11 is 0. The Bertz CT molecular complexity index is 2870. The van der Waals surface area contributed by atoms with Crippen LogP contribution in [0.4, 0.5) is 0 Å². The van der Waals surface area contributed by atoms with Gasteiger partial charge in [-0.1, -0.05) is 84.9 Å². The maximum Gasteiger partial charge on any atom is 0.101 e. The predicted octanol–water partition coefficient (Wildman–Crippen LogP) is 10.8. The third kappa shape index (κ3) is 4.74. The molecule has 9 rings (SSSR count). The highest BCUT2D eigenvalue weighted by Gasteiger charge is 2.23. The molecule has 0 aliphatic heterocycles. The average molecular weight is 652 g/mol. The number of nitriles is 3. The van der Waals surface area contributed by atoms with Gasteiger partial charge in [0, 0.05) is 32.8 Å². The van der Waals surface area contributed by atoms with Crippen molar-refractivity contribution in [3.63, 3.8) is 0 Å². The van der Waals surface area contributed by atoms with Gasteiger partial charge in [-0.2, -0.15) is 15.8 Å². The van der Waals surface area contributed by atoms with E-state index in [0.717, 1.165) is 79.3 Å². The molecule has 238 valence electrons. The molecule has 0 bridgehead atoms. The summed E-state index contributed by atoms with van der Waals surface area (Å²) in [5.41, 5.74) is 11.8. The summed E-state index contributed by atoms with van der Waals surface area (Å²) in [5, 5.41) is 35.0. The van der Waals surface area contributed by atoms with Crippen molar-refractivity contribution in [2.24, 2.45) is 0 Å². The quantitative estimate of drug-likeness (QED) is 0.186. The summed E-state index contributed by atoms with van der Waals surface area (Å²) in [6, 6.07) is 50.1. The maximum absolute atomic E-state index is 10.5. The zero-order valence-electron chi connectivity index (χ0n) is 27.6. The molecule has 0 saturated heterocycles. The minimum absolute atomic E-state index is 0.568. The second-order valence-corrected chi connectivity index (χ2v) is 12.9. The Hall–Kier alpha value is -7.13. The van der Waals surface area contributed by atoms with E-state index >= 15 is 0 Å². The Balaban J connectivity index is 1.17. The Morgan fingerprint density at radius 2 is 1.14 bits per heavy atom. The van der Waals surface area contributed by atoms with Crippen LogP contribution < -0.4 is 0 Å². The van der Waals surface area contributed by atoms with Crippen LogP contribution in [0.5, 0.6) is 0 Å². The molecular formula is C46H29N5. The van der Waals surface area contributed by atoms with Gasteiger partial charge in [0.05, 0.1) is 56.6 Å². The van der Waals surface area contributed by atoms with Gasteiger partial charge in [0.2, 0.25) is 0 Å². The molecule has 0 saturated carbocycles. The highest BCUT2D eigenvalue weighted by Crippen LogP contribution is 2.41. The Morgan fingerprint density at radius 3 is 1.82 bits per heavy atom. The monoisotopic (exact) mass is 651 g/mol. The Morgan fingerprint density at radius 1 is 0.510 bits per heavy atom. The van der Waals surface area contributed by atoms with E-state index in [1.165, 1.54) is 10.8 Å². The molecule has 51 heavy (non-hydrogen) atoms. The van der Waals surface area contributed by atoms with Gasteiger partial charge in [0.25, 0.3) is 0 Å². The molecular weight excluding hydrogens is 623 g/mol. The smallest absolute Gasteiger partial charge is 0.101 e. The zero-order valence-corrected chi connectivity index (χ0v) is 27.6. The van der Waals surface area contributed by atoms with Crippen molar-refractivity contribution < 1.29 is 0 Å². The normalized spacial score (nSPS) is 12.8. The molecule has 5 heteroatoms. The fourth-order valence-electron chi connectivity index (χ4n) is 7.92. The van der Waals surface area contributed by atoms with Crippen LogP contribution in [-0.4, -0.2) is 9.13 Å². The van der Waals surface area contributed by atoms with Crippen molar-refractivity contribution in [2.45, 2.75) is 19.3 Å². The number of hydrogen-bond acceptors (Lipinski definition) is 3. The van der Waals surface area contributed by atoms with Gasteiger partial charge in [-0.3, -0.25) is 0 Å². The van der Waals surface area contributed by atoms with Crippen molar-refractivity contribution in [3.8, 4) is 29.6 Å². The number of hydrogen-bond donors (Lipinski definition) is 0. The first-order valence-electron chi connectivity index (χ1n) is 17.1. The molecule has 8 aromatic rings. The second kappa shape index (κ2) is 12.1. The second-order valence-electron chi connectivity index (χ2n) is 12.9. The minimum atomic E-state index is 0.568. The molecule has 0 unspecified atom stereocenters. The van der Waals surface area contributed by atoms with Crippen LogP contribution in [0.2, 0.25) is 0 Å². The summed E-state index contributed by atoms with van der Waals surface area (Å²) in [4.78, 5) is 0. The maximum atomic E-state index is 10.5. The van der Waals surface area contributed by atoms with Crippen molar-refractivity contribution in [2.75, 3.05) is 0 Å². The van der Waals surface area contributed by atoms with Crippen molar-refractivity contribution in [3.05, 3.63) is 173 Å². The summed E-state index contributed by atoms with van der Waals surface area (Å²) < 4.78 is 4.42. The average Bonchev–Trinajstić information content (AvgIpc) is 3.70. The number of para-hydroxylation sites is 4. The van der Waals surface area contributed by atoms with Gasteiger partial charge >= 0.3 is 0 Å². The highest BCUT2D eigenvalue weighted by molar-refractivity contribution is 6.11. The molecule has 0 amide bonds. The fraction of sp³-hybridized carbons (Fsp3) is 0.0652. The molecule has 0 radical (unpaired) electrons. The third-order valence-corrected chi connectivity index (χ3v) is 10.2. The van der Waals surface area contributed by atoms with Gasteiger partial charge in [-0.15, -0.1) is 0 Å². The fourth-order valence-corrected chi connectivity index (χ4v) is 7.92. The van der Waals surface area contributed by atoms with Crippen LogP contribution in [-0.2, 0) is 6.42 Å². The van der Waals surface area contributed by atoms with Gasteiger partial charge in [0.1, 0.15) is 6.07 Å². The lowest BCUT2D eigenvalue weighted by Crippen LogP contribution is -2.07. The molecule has 2 heterocycles. The van der Waals surface area contributed by atoms with E-state index in [9.17, 15) is 15.8 Å². The van der Waals surface area contributed by atoms with Crippen molar-refractivity contribution >= 4 is 49.2 Å². The Labute approximate surface area is 295 Å². The third-order valence-electron chi connectivity index (χ3n) is 10.2. The lowest BCUT2D eigenvalue weighted by atomic mass is 9.85. The van der Waals surface area contributed by atoms with E-state index in [-0.39, 0.29) is 0 Å². The standard InChI is InChI=1S/C46H29N5/c47-27-30-20-23-45-41(24-30)39-15-5-8-19-44(39)51(45)46-33(28-48)11-9-16-40(46)36-12-2-1-10-32(36)25-31-21-22-35(26-34(31)29-49)50-42-17-6-3-13-37(42)38-14-4-7-18-43(38)50/h3-24,26H,1-2,25H2. The van der Waals surface area contributed by atoms with Crippen molar-refractivity contribution in [1.82, 2.24) is 9.13 Å². The van der Waals surface area contributed by atoms with Crippen LogP contribution in [0.3, 0.4) is 0 Å². The van der Waals surface area contributed by atoms with E-state index in [1.54, 1.807) is 0 Å². The van der Waals surface area contributed by atoms with Crippen LogP contribution in [0.15, 0.2) is 145 Å². The largest absolute Gasteiger partial charge is 0.309 e. The van der Waals surface area contributed by atoms with E-state index in [2.05, 4.69) is 118 Å². The van der Waals surface area contributed by atoms with Crippen LogP contribution >= 0.6 is 0 Å². The topological polar surface area (TPSA) is 81.2 Å². The number of nitrogens with zero attached hydrogens (tertiary/aromatic N) is 5. The molecule has 1 aliphatic rings. The van der Waals surface area contributed by atoms with Gasteiger partial charge in [-0.05, 0) is 90.6 Å². The predicted molar refractivity (Wildman–Crippen MR) is 205 cm³/mol. The van der Waals surface area contributed by atoms with Gasteiger partial charge < -0.3 is 9.13 Å². The van der Waals surface area contributed by atoms with Crippen molar-refractivity contribution in [1.29, 1.82) is 15.8 Å². The first kappa shape index (κ1) is 30.0. The SMILES string of the molecule is N#Cc1ccc2c(c1)c1ccccc1n2-c1c(C#N)cccc1C1=CCCC=C1Cc1ccc(-n2c3ccccc3c3ccccc32)cc1C#N. The van der Waals surface area contributed by atoms with E-state index in [0.29, 0.717) is 23.1 Å². The summed E-state index contributed by atoms with van der Waals surface area (Å²) in [6.07, 6.45) is 6.92. The lowest BCUT2D eigenvalue weighted by molar-refractivity contribution is 0.997. The summed E-state index contributed by atoms with van der Waals surface area (Å²) in [7, 11) is 0. The number of aromatic nitrogens is 2. The molecule has 1 aliphatic carbocycles. The number of benzene rings is 6. The Kier molecular flexibility index (Phi) is 7.10. The number of rotatable bonds is 5. The molecule has 0 N–H and O–H groups in total. The van der Waals surface area contributed by atoms with Crippen LogP contribution in [0.1, 0.15) is 40.7 Å². The minimum Gasteiger partial charge on any atom is -0.309 e. The van der Waals surface area contributed by atoms with E-state index in [1.807, 2.05) is 48.5 Å². The molecule has 6 aromatic carbocycles. The highest BCUT2D eigenvalue weighted by atomic mass is 15.0. The van der Waals surface area contributed by atoms with Crippen LogP contribution in [0.25, 0.3) is 60.6 Å². The van der Waals surface area contributed by atoms with Gasteiger partial charge in [-0.25, -0.2) is 0 Å². The molecule has 0 fully saturated rings. The first-order chi connectivity index (χ1) is 25.2. The van der Waals surface area contributed by atoms with Gasteiger partial charge in [0.15, 0.2) is 0 Å². The van der Waals surface area contributed by atoms with Crippen LogP contribution in [0, 0.1) is 34.0 Å². The first-order valence-corrected chi connectivity index (χ1v) is 17.1. The lowest BCUT2D eigenvalue weighted by Gasteiger charge is -2.22. The number of allylic oxidation sites excluding steroid dienone is 4.